The molecule has 1 aliphatic heterocycles. The molecule has 19 heavy (non-hydrogen) atoms. The molecule has 1 aromatic rings. The molecule has 2 rings (SSSR count). The predicted octanol–water partition coefficient (Wildman–Crippen LogP) is 1.77. The van der Waals surface area contributed by atoms with Crippen molar-refractivity contribution in [2.45, 2.75) is 25.4 Å². The third kappa shape index (κ3) is 2.53. The van der Waals surface area contributed by atoms with Gasteiger partial charge in [-0.15, -0.1) is 0 Å². The van der Waals surface area contributed by atoms with Crippen LogP contribution in [0.5, 0.6) is 0 Å². The summed E-state index contributed by atoms with van der Waals surface area (Å²) in [6, 6.07) is 7.65. The molecule has 0 N–H and O–H groups in total. The first-order valence-electron chi connectivity index (χ1n) is 6.20. The second-order valence-electron chi connectivity index (χ2n) is 4.80. The second-order valence-corrected chi connectivity index (χ2v) is 4.80. The summed E-state index contributed by atoms with van der Waals surface area (Å²) in [5, 5.41) is 8.89. The predicted molar refractivity (Wildman–Crippen MR) is 70.0 cm³/mol. The van der Waals surface area contributed by atoms with Gasteiger partial charge in [-0.05, 0) is 31.2 Å². The summed E-state index contributed by atoms with van der Waals surface area (Å²) in [7, 11) is 1.75. The lowest BCUT2D eigenvalue weighted by Gasteiger charge is -2.43. The number of rotatable bonds is 2. The summed E-state index contributed by atoms with van der Waals surface area (Å²) in [6.45, 7) is 2.59. The molecule has 0 spiro atoms. The Kier molecular flexibility index (Phi) is 3.70. The number of amides is 1. The Bertz CT molecular complexity index is 508. The van der Waals surface area contributed by atoms with Crippen LogP contribution in [0.3, 0.4) is 0 Å². The molecular formula is C14H16FN3O. The minimum absolute atomic E-state index is 0.0625. The lowest BCUT2D eigenvalue weighted by molar-refractivity contribution is -0.134. The van der Waals surface area contributed by atoms with Crippen LogP contribution in [0.2, 0.25) is 0 Å². The fraction of sp³-hybridized carbons (Fsp3) is 0.429. The van der Waals surface area contributed by atoms with Crippen molar-refractivity contribution in [2.75, 3.05) is 18.5 Å². The molecule has 1 fully saturated rings. The SMILES string of the molecule is CC1CN(c2ccc(F)cc2)C(CC#N)C(=O)N1C. The third-order valence-electron chi connectivity index (χ3n) is 3.57. The summed E-state index contributed by atoms with van der Waals surface area (Å²) in [5.41, 5.74) is 0.773. The fourth-order valence-electron chi connectivity index (χ4n) is 2.32. The van der Waals surface area contributed by atoms with E-state index in [-0.39, 0.29) is 24.2 Å². The number of hydrogen-bond donors (Lipinski definition) is 0. The smallest absolute Gasteiger partial charge is 0.246 e. The van der Waals surface area contributed by atoms with E-state index in [1.54, 1.807) is 24.1 Å². The molecule has 4 nitrogen and oxygen atoms in total. The molecule has 1 amide bonds. The molecule has 0 bridgehead atoms. The monoisotopic (exact) mass is 261 g/mol. The molecule has 1 aliphatic rings. The van der Waals surface area contributed by atoms with Gasteiger partial charge in [0.25, 0.3) is 0 Å². The summed E-state index contributed by atoms with van der Waals surface area (Å²) >= 11 is 0. The van der Waals surface area contributed by atoms with Crippen LogP contribution in [-0.2, 0) is 4.79 Å². The van der Waals surface area contributed by atoms with Crippen molar-refractivity contribution in [3.8, 4) is 6.07 Å². The number of piperazine rings is 1. The Morgan fingerprint density at radius 1 is 1.42 bits per heavy atom. The fourth-order valence-corrected chi connectivity index (χ4v) is 2.32. The summed E-state index contributed by atoms with van der Waals surface area (Å²) in [4.78, 5) is 15.8. The van der Waals surface area contributed by atoms with Gasteiger partial charge < -0.3 is 9.80 Å². The number of anilines is 1. The van der Waals surface area contributed by atoms with E-state index in [1.807, 2.05) is 11.8 Å². The Morgan fingerprint density at radius 3 is 2.63 bits per heavy atom. The summed E-state index contributed by atoms with van der Waals surface area (Å²) < 4.78 is 13.0. The minimum atomic E-state index is -0.489. The Morgan fingerprint density at radius 2 is 2.05 bits per heavy atom. The summed E-state index contributed by atoms with van der Waals surface area (Å²) in [5.74, 6) is -0.376. The summed E-state index contributed by atoms with van der Waals surface area (Å²) in [6.07, 6.45) is 0.132. The van der Waals surface area contributed by atoms with Gasteiger partial charge in [0.1, 0.15) is 11.9 Å². The molecule has 2 unspecified atom stereocenters. The van der Waals surface area contributed by atoms with Gasteiger partial charge in [-0.25, -0.2) is 4.39 Å². The number of nitriles is 1. The van der Waals surface area contributed by atoms with Crippen LogP contribution in [0.15, 0.2) is 24.3 Å². The number of hydrogen-bond acceptors (Lipinski definition) is 3. The number of nitrogens with zero attached hydrogens (tertiary/aromatic N) is 3. The molecule has 0 radical (unpaired) electrons. The maximum Gasteiger partial charge on any atom is 0.246 e. The van der Waals surface area contributed by atoms with Crippen molar-refractivity contribution in [1.82, 2.24) is 4.90 Å². The van der Waals surface area contributed by atoms with Crippen LogP contribution in [0.4, 0.5) is 10.1 Å². The largest absolute Gasteiger partial charge is 0.357 e. The number of carbonyl (C=O) groups is 1. The van der Waals surface area contributed by atoms with E-state index in [4.69, 9.17) is 5.26 Å². The highest BCUT2D eigenvalue weighted by Gasteiger charge is 2.36. The van der Waals surface area contributed by atoms with E-state index < -0.39 is 6.04 Å². The van der Waals surface area contributed by atoms with Crippen LogP contribution in [0.1, 0.15) is 13.3 Å². The van der Waals surface area contributed by atoms with Gasteiger partial charge in [0.15, 0.2) is 0 Å². The van der Waals surface area contributed by atoms with E-state index in [0.717, 1.165) is 5.69 Å². The van der Waals surface area contributed by atoms with Crippen molar-refractivity contribution < 1.29 is 9.18 Å². The van der Waals surface area contributed by atoms with Crippen molar-refractivity contribution in [2.24, 2.45) is 0 Å². The molecule has 0 aromatic heterocycles. The molecule has 100 valence electrons. The van der Waals surface area contributed by atoms with E-state index in [2.05, 4.69) is 6.07 Å². The van der Waals surface area contributed by atoms with Gasteiger partial charge in [-0.1, -0.05) is 0 Å². The molecule has 2 atom stereocenters. The number of benzene rings is 1. The van der Waals surface area contributed by atoms with Gasteiger partial charge in [0, 0.05) is 25.3 Å². The topological polar surface area (TPSA) is 47.3 Å². The van der Waals surface area contributed by atoms with Crippen LogP contribution >= 0.6 is 0 Å². The normalized spacial score (nSPS) is 23.4. The number of halogens is 1. The molecule has 1 aromatic carbocycles. The van der Waals surface area contributed by atoms with Crippen molar-refractivity contribution >= 4 is 11.6 Å². The van der Waals surface area contributed by atoms with E-state index >= 15 is 0 Å². The van der Waals surface area contributed by atoms with Crippen molar-refractivity contribution in [1.29, 1.82) is 5.26 Å². The standard InChI is InChI=1S/C14H16FN3O/c1-10-9-18(12-5-3-11(15)4-6-12)13(7-8-16)14(19)17(10)2/h3-6,10,13H,7,9H2,1-2H3. The van der Waals surface area contributed by atoms with Gasteiger partial charge in [-0.2, -0.15) is 5.26 Å². The zero-order valence-electron chi connectivity index (χ0n) is 11.0. The lowest BCUT2D eigenvalue weighted by Crippen LogP contribution is -2.59. The Hall–Kier alpha value is -2.09. The average Bonchev–Trinajstić information content (AvgIpc) is 2.40. The Balaban J connectivity index is 2.33. The zero-order chi connectivity index (χ0) is 14.0. The highest BCUT2D eigenvalue weighted by atomic mass is 19.1. The number of likely N-dealkylation sites (N-methyl/N-ethyl adjacent to an activating group) is 1. The zero-order valence-corrected chi connectivity index (χ0v) is 11.0. The van der Waals surface area contributed by atoms with E-state index in [0.29, 0.717) is 6.54 Å². The van der Waals surface area contributed by atoms with Crippen LogP contribution < -0.4 is 4.90 Å². The number of carbonyl (C=O) groups excluding carboxylic acids is 1. The van der Waals surface area contributed by atoms with Gasteiger partial charge in [0.2, 0.25) is 5.91 Å². The first-order valence-corrected chi connectivity index (χ1v) is 6.20. The average molecular weight is 261 g/mol. The first-order chi connectivity index (χ1) is 9.04. The maximum absolute atomic E-state index is 13.0. The minimum Gasteiger partial charge on any atom is -0.357 e. The van der Waals surface area contributed by atoms with Gasteiger partial charge >= 0.3 is 0 Å². The second kappa shape index (κ2) is 5.27. The van der Waals surface area contributed by atoms with Crippen LogP contribution in [0.25, 0.3) is 0 Å². The quantitative estimate of drug-likeness (QED) is 0.815. The van der Waals surface area contributed by atoms with Gasteiger partial charge in [0.05, 0.1) is 12.5 Å². The molecular weight excluding hydrogens is 245 g/mol. The highest BCUT2D eigenvalue weighted by Crippen LogP contribution is 2.25. The van der Waals surface area contributed by atoms with Crippen molar-refractivity contribution in [3.63, 3.8) is 0 Å². The van der Waals surface area contributed by atoms with E-state index in [9.17, 15) is 9.18 Å². The lowest BCUT2D eigenvalue weighted by atomic mass is 10.0. The maximum atomic E-state index is 13.0. The van der Waals surface area contributed by atoms with Crippen LogP contribution in [0, 0.1) is 17.1 Å². The van der Waals surface area contributed by atoms with E-state index in [1.165, 1.54) is 12.1 Å². The van der Waals surface area contributed by atoms with Gasteiger partial charge in [-0.3, -0.25) is 4.79 Å². The Labute approximate surface area is 112 Å². The molecule has 5 heteroatoms. The molecule has 0 aliphatic carbocycles. The third-order valence-corrected chi connectivity index (χ3v) is 3.57. The molecule has 0 saturated carbocycles. The highest BCUT2D eigenvalue weighted by molar-refractivity contribution is 5.87. The van der Waals surface area contributed by atoms with Crippen molar-refractivity contribution in [3.05, 3.63) is 30.1 Å². The first kappa shape index (κ1) is 13.3. The molecule has 1 saturated heterocycles. The van der Waals surface area contributed by atoms with Crippen LogP contribution in [-0.4, -0.2) is 36.5 Å². The molecule has 1 heterocycles.